The Kier molecular flexibility index (Phi) is 3.24. The predicted molar refractivity (Wildman–Crippen MR) is 74.3 cm³/mol. The molecule has 0 unspecified atom stereocenters. The molecular weight excluding hydrogens is 254 g/mol. The Hall–Kier alpha value is -1.84. The Morgan fingerprint density at radius 1 is 1.20 bits per heavy atom. The first-order valence-corrected chi connectivity index (χ1v) is 7.22. The Morgan fingerprint density at radius 3 is 2.30 bits per heavy atom. The van der Waals surface area contributed by atoms with Gasteiger partial charge in [0, 0.05) is 6.04 Å². The molecule has 0 radical (unpaired) electrons. The fourth-order valence-electron chi connectivity index (χ4n) is 3.09. The summed E-state index contributed by atoms with van der Waals surface area (Å²) in [6, 6.07) is 9.95. The van der Waals surface area contributed by atoms with Crippen LogP contribution in [0.2, 0.25) is 0 Å². The number of benzene rings is 1. The molecule has 2 aliphatic carbocycles. The second-order valence-electron chi connectivity index (χ2n) is 5.86. The molecule has 0 aliphatic heterocycles. The molecule has 0 heterocycles. The first kappa shape index (κ1) is 13.2. The maximum Gasteiger partial charge on any atom is 0.323 e. The van der Waals surface area contributed by atoms with Gasteiger partial charge in [-0.2, -0.15) is 0 Å². The Morgan fingerprint density at radius 2 is 1.85 bits per heavy atom. The summed E-state index contributed by atoms with van der Waals surface area (Å²) in [5, 5.41) is 9.04. The summed E-state index contributed by atoms with van der Waals surface area (Å²) >= 11 is 0. The molecule has 2 fully saturated rings. The Balaban J connectivity index is 1.88. The minimum atomic E-state index is -0.923. The standard InChI is InChI=1S/C16H19NO3/c18-14(19)11-17(13-7-8-13)15(20)16(9-4-10-16)12-5-2-1-3-6-12/h1-3,5-6,13H,4,7-11H2,(H,18,19). The van der Waals surface area contributed by atoms with E-state index in [2.05, 4.69) is 0 Å². The zero-order chi connectivity index (χ0) is 14.2. The van der Waals surface area contributed by atoms with Crippen molar-refractivity contribution in [1.82, 2.24) is 4.90 Å². The smallest absolute Gasteiger partial charge is 0.323 e. The van der Waals surface area contributed by atoms with E-state index in [1.54, 1.807) is 4.90 Å². The van der Waals surface area contributed by atoms with Gasteiger partial charge in [-0.25, -0.2) is 0 Å². The van der Waals surface area contributed by atoms with E-state index in [1.165, 1.54) is 0 Å². The molecule has 4 nitrogen and oxygen atoms in total. The fraction of sp³-hybridized carbons (Fsp3) is 0.500. The summed E-state index contributed by atoms with van der Waals surface area (Å²) in [7, 11) is 0. The lowest BCUT2D eigenvalue weighted by atomic mass is 9.63. The average molecular weight is 273 g/mol. The number of carbonyl (C=O) groups excluding carboxylic acids is 1. The van der Waals surface area contributed by atoms with E-state index in [4.69, 9.17) is 5.11 Å². The van der Waals surface area contributed by atoms with Crippen LogP contribution in [-0.2, 0) is 15.0 Å². The Labute approximate surface area is 118 Å². The summed E-state index contributed by atoms with van der Waals surface area (Å²) in [6.45, 7) is -0.169. The first-order valence-electron chi connectivity index (χ1n) is 7.22. The van der Waals surface area contributed by atoms with Gasteiger partial charge in [0.25, 0.3) is 0 Å². The number of rotatable bonds is 5. The number of amides is 1. The molecule has 1 N–H and O–H groups in total. The second kappa shape index (κ2) is 4.93. The molecule has 0 saturated heterocycles. The fourth-order valence-corrected chi connectivity index (χ4v) is 3.09. The lowest BCUT2D eigenvalue weighted by Crippen LogP contribution is -2.53. The highest BCUT2D eigenvalue weighted by Crippen LogP contribution is 2.46. The second-order valence-corrected chi connectivity index (χ2v) is 5.86. The molecule has 3 rings (SSSR count). The molecule has 4 heteroatoms. The monoisotopic (exact) mass is 273 g/mol. The van der Waals surface area contributed by atoms with E-state index in [0.29, 0.717) is 0 Å². The zero-order valence-corrected chi connectivity index (χ0v) is 11.4. The van der Waals surface area contributed by atoms with Crippen molar-refractivity contribution >= 4 is 11.9 Å². The maximum absolute atomic E-state index is 12.9. The lowest BCUT2D eigenvalue weighted by molar-refractivity contribution is -0.149. The van der Waals surface area contributed by atoms with Crippen molar-refractivity contribution in [1.29, 1.82) is 0 Å². The summed E-state index contributed by atoms with van der Waals surface area (Å²) in [5.41, 5.74) is 0.562. The number of hydrogen-bond acceptors (Lipinski definition) is 2. The van der Waals surface area contributed by atoms with Crippen molar-refractivity contribution < 1.29 is 14.7 Å². The van der Waals surface area contributed by atoms with E-state index in [9.17, 15) is 9.59 Å². The van der Waals surface area contributed by atoms with Gasteiger partial charge >= 0.3 is 5.97 Å². The van der Waals surface area contributed by atoms with Crippen LogP contribution in [0.25, 0.3) is 0 Å². The SMILES string of the molecule is O=C(O)CN(C(=O)C1(c2ccccc2)CCC1)C1CC1. The van der Waals surface area contributed by atoms with E-state index in [-0.39, 0.29) is 18.5 Å². The highest BCUT2D eigenvalue weighted by atomic mass is 16.4. The molecule has 1 amide bonds. The van der Waals surface area contributed by atoms with Crippen LogP contribution in [0.1, 0.15) is 37.7 Å². The van der Waals surface area contributed by atoms with Gasteiger partial charge in [-0.3, -0.25) is 9.59 Å². The molecule has 1 aromatic rings. The highest BCUT2D eigenvalue weighted by Gasteiger charge is 2.50. The normalized spacial score (nSPS) is 20.0. The van der Waals surface area contributed by atoms with Crippen LogP contribution in [0.15, 0.2) is 30.3 Å². The number of aliphatic carboxylic acids is 1. The quantitative estimate of drug-likeness (QED) is 0.894. The van der Waals surface area contributed by atoms with E-state index in [0.717, 1.165) is 37.7 Å². The maximum atomic E-state index is 12.9. The molecule has 20 heavy (non-hydrogen) atoms. The van der Waals surface area contributed by atoms with Crippen LogP contribution in [-0.4, -0.2) is 34.5 Å². The molecule has 0 atom stereocenters. The summed E-state index contributed by atoms with van der Waals surface area (Å²) in [4.78, 5) is 25.5. The van der Waals surface area contributed by atoms with Crippen molar-refractivity contribution in [2.45, 2.75) is 43.6 Å². The van der Waals surface area contributed by atoms with Crippen LogP contribution >= 0.6 is 0 Å². The molecule has 0 aromatic heterocycles. The minimum Gasteiger partial charge on any atom is -0.480 e. The van der Waals surface area contributed by atoms with Gasteiger partial charge in [0.05, 0.1) is 5.41 Å². The summed E-state index contributed by atoms with van der Waals surface area (Å²) in [5.74, 6) is -0.910. The number of carbonyl (C=O) groups is 2. The summed E-state index contributed by atoms with van der Waals surface area (Å²) < 4.78 is 0. The lowest BCUT2D eigenvalue weighted by Gasteiger charge is -2.43. The number of carboxylic acids is 1. The van der Waals surface area contributed by atoms with Crippen molar-refractivity contribution in [3.05, 3.63) is 35.9 Å². The Bertz CT molecular complexity index is 518. The van der Waals surface area contributed by atoms with Gasteiger partial charge in [-0.15, -0.1) is 0 Å². The molecule has 1 aromatic carbocycles. The summed E-state index contributed by atoms with van der Waals surface area (Å²) in [6.07, 6.45) is 4.57. The van der Waals surface area contributed by atoms with Crippen LogP contribution in [0.4, 0.5) is 0 Å². The van der Waals surface area contributed by atoms with Crippen molar-refractivity contribution in [2.75, 3.05) is 6.54 Å². The van der Waals surface area contributed by atoms with Gasteiger partial charge in [-0.05, 0) is 31.2 Å². The van der Waals surface area contributed by atoms with Crippen LogP contribution < -0.4 is 0 Å². The molecule has 106 valence electrons. The van der Waals surface area contributed by atoms with Crippen LogP contribution in [0, 0.1) is 0 Å². The predicted octanol–water partition coefficient (Wildman–Crippen LogP) is 2.18. The third kappa shape index (κ3) is 2.19. The number of hydrogen-bond donors (Lipinski definition) is 1. The molecule has 0 spiro atoms. The molecule has 2 saturated carbocycles. The van der Waals surface area contributed by atoms with Gasteiger partial charge in [0.15, 0.2) is 0 Å². The van der Waals surface area contributed by atoms with Crippen molar-refractivity contribution in [3.63, 3.8) is 0 Å². The molecular formula is C16H19NO3. The third-order valence-corrected chi connectivity index (χ3v) is 4.50. The van der Waals surface area contributed by atoms with Gasteiger partial charge in [0.1, 0.15) is 6.54 Å². The van der Waals surface area contributed by atoms with Crippen molar-refractivity contribution in [2.24, 2.45) is 0 Å². The van der Waals surface area contributed by atoms with E-state index in [1.807, 2.05) is 30.3 Å². The van der Waals surface area contributed by atoms with Gasteiger partial charge < -0.3 is 10.0 Å². The highest BCUT2D eigenvalue weighted by molar-refractivity contribution is 5.91. The largest absolute Gasteiger partial charge is 0.480 e. The van der Waals surface area contributed by atoms with Gasteiger partial charge in [0.2, 0.25) is 5.91 Å². The third-order valence-electron chi connectivity index (χ3n) is 4.50. The number of nitrogens with zero attached hydrogens (tertiary/aromatic N) is 1. The number of carboxylic acid groups (broad SMARTS) is 1. The molecule has 2 aliphatic rings. The minimum absolute atomic E-state index is 0.0138. The first-order chi connectivity index (χ1) is 9.63. The zero-order valence-electron chi connectivity index (χ0n) is 11.4. The topological polar surface area (TPSA) is 57.6 Å². The average Bonchev–Trinajstić information content (AvgIpc) is 3.20. The van der Waals surface area contributed by atoms with E-state index < -0.39 is 11.4 Å². The van der Waals surface area contributed by atoms with Crippen molar-refractivity contribution in [3.8, 4) is 0 Å². The van der Waals surface area contributed by atoms with Gasteiger partial charge in [-0.1, -0.05) is 36.8 Å². The van der Waals surface area contributed by atoms with Crippen LogP contribution in [0.3, 0.4) is 0 Å². The van der Waals surface area contributed by atoms with Crippen LogP contribution in [0.5, 0.6) is 0 Å². The molecule has 0 bridgehead atoms. The van der Waals surface area contributed by atoms with E-state index >= 15 is 0 Å².